The van der Waals surface area contributed by atoms with Crippen molar-refractivity contribution in [3.63, 3.8) is 0 Å². The number of carbonyl (C=O) groups is 2. The van der Waals surface area contributed by atoms with Gasteiger partial charge in [0.2, 0.25) is 0 Å². The van der Waals surface area contributed by atoms with Gasteiger partial charge in [0, 0.05) is 18.3 Å². The second-order valence-electron chi connectivity index (χ2n) is 3.20. The van der Waals surface area contributed by atoms with E-state index in [9.17, 15) is 9.59 Å². The Balaban J connectivity index is 3.73. The van der Waals surface area contributed by atoms with Crippen LogP contribution in [0.25, 0.3) is 0 Å². The van der Waals surface area contributed by atoms with Crippen LogP contribution in [0.2, 0.25) is 0 Å². The molecule has 0 fully saturated rings. The van der Waals surface area contributed by atoms with Crippen LogP contribution in [0.5, 0.6) is 0 Å². The molecule has 0 aromatic rings. The van der Waals surface area contributed by atoms with E-state index < -0.39 is 0 Å². The highest BCUT2D eigenvalue weighted by Gasteiger charge is 2.15. The summed E-state index contributed by atoms with van der Waals surface area (Å²) in [5.74, 6) is 0.392. The maximum atomic E-state index is 11.2. The van der Waals surface area contributed by atoms with Crippen molar-refractivity contribution in [2.24, 2.45) is 11.8 Å². The molecule has 0 saturated heterocycles. The van der Waals surface area contributed by atoms with Gasteiger partial charge >= 0.3 is 0 Å². The van der Waals surface area contributed by atoms with Gasteiger partial charge in [-0.05, 0) is 6.42 Å². The van der Waals surface area contributed by atoms with Crippen LogP contribution in [-0.4, -0.2) is 12.1 Å². The van der Waals surface area contributed by atoms with Gasteiger partial charge in [0.25, 0.3) is 0 Å². The Labute approximate surface area is 68.0 Å². The molecule has 1 atom stereocenters. The van der Waals surface area contributed by atoms with E-state index in [1.54, 1.807) is 0 Å². The van der Waals surface area contributed by atoms with Crippen LogP contribution in [0.3, 0.4) is 0 Å². The first kappa shape index (κ1) is 10.3. The van der Waals surface area contributed by atoms with Crippen LogP contribution in [0, 0.1) is 11.8 Å². The third kappa shape index (κ3) is 3.91. The van der Waals surface area contributed by atoms with Crippen LogP contribution in [0.4, 0.5) is 0 Å². The van der Waals surface area contributed by atoms with E-state index in [4.69, 9.17) is 0 Å². The molecule has 0 aliphatic heterocycles. The van der Waals surface area contributed by atoms with Crippen molar-refractivity contribution in [2.45, 2.75) is 33.6 Å². The molecule has 64 valence electrons. The predicted molar refractivity (Wildman–Crippen MR) is 44.3 cm³/mol. The van der Waals surface area contributed by atoms with Crippen LogP contribution in [-0.2, 0) is 9.59 Å². The Morgan fingerprint density at radius 3 is 2.27 bits per heavy atom. The van der Waals surface area contributed by atoms with Crippen LogP contribution in [0.1, 0.15) is 33.6 Å². The largest absolute Gasteiger partial charge is 0.303 e. The zero-order chi connectivity index (χ0) is 8.85. The van der Waals surface area contributed by atoms with Crippen molar-refractivity contribution in [2.75, 3.05) is 0 Å². The van der Waals surface area contributed by atoms with Gasteiger partial charge in [-0.15, -0.1) is 0 Å². The van der Waals surface area contributed by atoms with Crippen molar-refractivity contribution in [1.29, 1.82) is 0 Å². The minimum Gasteiger partial charge on any atom is -0.303 e. The summed E-state index contributed by atoms with van der Waals surface area (Å²) in [5, 5.41) is 0. The van der Waals surface area contributed by atoms with Gasteiger partial charge in [0.15, 0.2) is 0 Å². The summed E-state index contributed by atoms with van der Waals surface area (Å²) in [6, 6.07) is 0. The van der Waals surface area contributed by atoms with Gasteiger partial charge < -0.3 is 4.79 Å². The Hall–Kier alpha value is -0.660. The molecule has 0 aliphatic carbocycles. The van der Waals surface area contributed by atoms with Crippen molar-refractivity contribution in [3.8, 4) is 0 Å². The smallest absolute Gasteiger partial charge is 0.138 e. The van der Waals surface area contributed by atoms with E-state index in [2.05, 4.69) is 0 Å². The van der Waals surface area contributed by atoms with Crippen molar-refractivity contribution < 1.29 is 9.59 Å². The molecule has 0 bridgehead atoms. The molecule has 0 aliphatic rings. The van der Waals surface area contributed by atoms with Gasteiger partial charge in [-0.25, -0.2) is 0 Å². The van der Waals surface area contributed by atoms with Gasteiger partial charge in [-0.1, -0.05) is 20.8 Å². The SMILES string of the molecule is CC(C)C(=O)C(C)CCC=O. The second-order valence-corrected chi connectivity index (χ2v) is 3.20. The fraction of sp³-hybridized carbons (Fsp3) is 0.778. The Morgan fingerprint density at radius 1 is 1.36 bits per heavy atom. The predicted octanol–water partition coefficient (Wildman–Crippen LogP) is 1.83. The lowest BCUT2D eigenvalue weighted by molar-refractivity contribution is -0.125. The number of carbonyl (C=O) groups excluding carboxylic acids is 2. The normalized spacial score (nSPS) is 13.1. The minimum absolute atomic E-state index is 0.0419. The van der Waals surface area contributed by atoms with Gasteiger partial charge in [0.1, 0.15) is 12.1 Å². The summed E-state index contributed by atoms with van der Waals surface area (Å²) in [6.45, 7) is 5.66. The van der Waals surface area contributed by atoms with E-state index >= 15 is 0 Å². The first-order valence-electron chi connectivity index (χ1n) is 4.07. The zero-order valence-corrected chi connectivity index (χ0v) is 7.46. The lowest BCUT2D eigenvalue weighted by Crippen LogP contribution is -2.16. The molecule has 0 saturated carbocycles. The third-order valence-electron chi connectivity index (χ3n) is 1.77. The third-order valence-corrected chi connectivity index (χ3v) is 1.77. The summed E-state index contributed by atoms with van der Waals surface area (Å²) in [4.78, 5) is 21.2. The minimum atomic E-state index is 0.0419. The Bertz CT molecular complexity index is 138. The summed E-state index contributed by atoms with van der Waals surface area (Å²) in [7, 11) is 0. The molecule has 1 unspecified atom stereocenters. The average molecular weight is 156 g/mol. The molecule has 0 amide bonds. The van der Waals surface area contributed by atoms with Gasteiger partial charge in [0.05, 0.1) is 0 Å². The molecule has 0 spiro atoms. The average Bonchev–Trinajstić information content (AvgIpc) is 1.98. The molecule has 2 heteroatoms. The molecule has 0 rings (SSSR count). The van der Waals surface area contributed by atoms with Crippen LogP contribution < -0.4 is 0 Å². The highest BCUT2D eigenvalue weighted by Crippen LogP contribution is 2.11. The van der Waals surface area contributed by atoms with E-state index in [1.165, 1.54) is 0 Å². The molecule has 0 heterocycles. The number of rotatable bonds is 5. The number of ketones is 1. The molecule has 0 N–H and O–H groups in total. The van der Waals surface area contributed by atoms with Crippen molar-refractivity contribution in [1.82, 2.24) is 0 Å². The quantitative estimate of drug-likeness (QED) is 0.569. The second kappa shape index (κ2) is 5.05. The number of Topliss-reactive ketones (excluding diaryl/α,β-unsaturated/α-hetero) is 1. The highest BCUT2D eigenvalue weighted by atomic mass is 16.1. The van der Waals surface area contributed by atoms with Crippen LogP contribution >= 0.6 is 0 Å². The van der Waals surface area contributed by atoms with E-state index in [-0.39, 0.29) is 17.6 Å². The summed E-state index contributed by atoms with van der Waals surface area (Å²) >= 11 is 0. The molecule has 0 radical (unpaired) electrons. The van der Waals surface area contributed by atoms with E-state index in [0.29, 0.717) is 12.8 Å². The van der Waals surface area contributed by atoms with Crippen molar-refractivity contribution >= 4 is 12.1 Å². The molecule has 0 aromatic carbocycles. The maximum absolute atomic E-state index is 11.2. The first-order chi connectivity index (χ1) is 5.09. The molecule has 2 nitrogen and oxygen atoms in total. The fourth-order valence-electron chi connectivity index (χ4n) is 1.03. The zero-order valence-electron chi connectivity index (χ0n) is 7.46. The lowest BCUT2D eigenvalue weighted by Gasteiger charge is -2.10. The number of hydrogen-bond donors (Lipinski definition) is 0. The van der Waals surface area contributed by atoms with Crippen molar-refractivity contribution in [3.05, 3.63) is 0 Å². The van der Waals surface area contributed by atoms with Crippen LogP contribution in [0.15, 0.2) is 0 Å². The first-order valence-corrected chi connectivity index (χ1v) is 4.07. The molecular formula is C9H16O2. The van der Waals surface area contributed by atoms with E-state index in [1.807, 2.05) is 20.8 Å². The molecule has 11 heavy (non-hydrogen) atoms. The van der Waals surface area contributed by atoms with Gasteiger partial charge in [-0.2, -0.15) is 0 Å². The Kier molecular flexibility index (Phi) is 4.75. The number of aldehydes is 1. The molecule has 0 aromatic heterocycles. The van der Waals surface area contributed by atoms with E-state index in [0.717, 1.165) is 6.29 Å². The highest BCUT2D eigenvalue weighted by molar-refractivity contribution is 5.82. The topological polar surface area (TPSA) is 34.1 Å². The Morgan fingerprint density at radius 2 is 1.91 bits per heavy atom. The monoisotopic (exact) mass is 156 g/mol. The fourth-order valence-corrected chi connectivity index (χ4v) is 1.03. The summed E-state index contributed by atoms with van der Waals surface area (Å²) in [5.41, 5.74) is 0. The summed E-state index contributed by atoms with van der Waals surface area (Å²) in [6.07, 6.45) is 2.06. The molecular weight excluding hydrogens is 140 g/mol. The lowest BCUT2D eigenvalue weighted by atomic mass is 9.93. The standard InChI is InChI=1S/C9H16O2/c1-7(2)9(11)8(3)5-4-6-10/h6-8H,4-5H2,1-3H3. The van der Waals surface area contributed by atoms with Gasteiger partial charge in [-0.3, -0.25) is 4.79 Å². The maximum Gasteiger partial charge on any atom is 0.138 e. The number of hydrogen-bond acceptors (Lipinski definition) is 2. The summed E-state index contributed by atoms with van der Waals surface area (Å²) < 4.78 is 0.